The van der Waals surface area contributed by atoms with Crippen LogP contribution in [0.25, 0.3) is 0 Å². The number of hydrogen-bond acceptors (Lipinski definition) is 0. The van der Waals surface area contributed by atoms with Crippen molar-refractivity contribution >= 4 is 15.2 Å². The molecule has 0 bridgehead atoms. The van der Waals surface area contributed by atoms with E-state index in [0.717, 1.165) is 0 Å². The summed E-state index contributed by atoms with van der Waals surface area (Å²) in [6.45, 7) is 2.76. The van der Waals surface area contributed by atoms with Gasteiger partial charge in [0.15, 0.2) is 0 Å². The Morgan fingerprint density at radius 3 is 0.763 bits per heavy atom. The van der Waals surface area contributed by atoms with Gasteiger partial charge >= 0.3 is 0 Å². The third-order valence-corrected chi connectivity index (χ3v) is 26.8. The zero-order valence-corrected chi connectivity index (χ0v) is 24.5. The van der Waals surface area contributed by atoms with Gasteiger partial charge < -0.3 is 0 Å². The molecule has 5 aromatic carbocycles. The number of rotatable bonds is 11. The Morgan fingerprint density at radius 2 is 0.526 bits per heavy atom. The smallest absolute Gasteiger partial charge is 0.0611 e. The average molecular weight is 527 g/mol. The first-order valence-electron chi connectivity index (χ1n) is 13.8. The molecule has 0 nitrogen and oxygen atoms in total. The van der Waals surface area contributed by atoms with Crippen LogP contribution in [-0.2, 0) is 30.2 Å². The molecular weight excluding hydrogens is 489 g/mol. The quantitative estimate of drug-likeness (QED) is 0.151. The summed E-state index contributed by atoms with van der Waals surface area (Å²) in [6.07, 6.45) is 0. The highest BCUT2D eigenvalue weighted by atomic mass is 29.3. The van der Waals surface area contributed by atoms with Crippen molar-refractivity contribution in [3.63, 3.8) is 0 Å². The lowest BCUT2D eigenvalue weighted by Crippen LogP contribution is -2.69. The topological polar surface area (TPSA) is 0 Å². The summed E-state index contributed by atoms with van der Waals surface area (Å²) >= 11 is 0. The first-order chi connectivity index (χ1) is 18.6. The largest absolute Gasteiger partial charge is 0.0706 e. The second-order valence-corrected chi connectivity index (χ2v) is 25.4. The molecular formula is C36H38Si2. The van der Waals surface area contributed by atoms with E-state index in [4.69, 9.17) is 0 Å². The molecule has 0 radical (unpaired) electrons. The van der Waals surface area contributed by atoms with Gasteiger partial charge in [0.05, 0.1) is 15.2 Å². The summed E-state index contributed by atoms with van der Waals surface area (Å²) in [7, 11) is -3.92. The maximum atomic E-state index is 2.76. The summed E-state index contributed by atoms with van der Waals surface area (Å²) < 4.78 is 0. The lowest BCUT2D eigenvalue weighted by molar-refractivity contribution is 1.12. The van der Waals surface area contributed by atoms with Crippen LogP contribution in [0.5, 0.6) is 0 Å². The summed E-state index contributed by atoms with van der Waals surface area (Å²) in [5, 5.41) is 0. The molecule has 0 aromatic heterocycles. The molecule has 0 aliphatic heterocycles. The van der Waals surface area contributed by atoms with E-state index in [1.54, 1.807) is 0 Å². The van der Waals surface area contributed by atoms with Gasteiger partial charge in [0.1, 0.15) is 0 Å². The highest BCUT2D eigenvalue weighted by Crippen LogP contribution is 2.35. The van der Waals surface area contributed by atoms with Gasteiger partial charge in [-0.25, -0.2) is 0 Å². The maximum Gasteiger partial charge on any atom is 0.0611 e. The molecule has 0 unspecified atom stereocenters. The van der Waals surface area contributed by atoms with Gasteiger partial charge in [-0.1, -0.05) is 186 Å². The van der Waals surface area contributed by atoms with E-state index in [9.17, 15) is 0 Å². The van der Waals surface area contributed by atoms with Crippen LogP contribution in [0.15, 0.2) is 152 Å². The number of benzene rings is 5. The van der Waals surface area contributed by atoms with Gasteiger partial charge in [0, 0.05) is 0 Å². The number of hydrogen-bond donors (Lipinski definition) is 0. The summed E-state index contributed by atoms with van der Waals surface area (Å²) in [6, 6.07) is 62.9. The molecule has 0 saturated heterocycles. The van der Waals surface area contributed by atoms with Crippen molar-refractivity contribution < 1.29 is 0 Å². The third-order valence-electron chi connectivity index (χ3n) is 8.31. The fourth-order valence-electron chi connectivity index (χ4n) is 6.32. The predicted octanol–water partition coefficient (Wildman–Crippen LogP) is 8.50. The minimum Gasteiger partial charge on any atom is -0.0706 e. The molecule has 0 atom stereocenters. The zero-order chi connectivity index (χ0) is 26.1. The predicted molar refractivity (Wildman–Crippen MR) is 168 cm³/mol. The van der Waals surface area contributed by atoms with Crippen molar-refractivity contribution in [3.8, 4) is 0 Å². The maximum absolute atomic E-state index is 2.76. The molecule has 190 valence electrons. The molecule has 5 aromatic rings. The Labute approximate surface area is 230 Å². The molecule has 0 fully saturated rings. The van der Waals surface area contributed by atoms with Crippen LogP contribution in [-0.4, -0.2) is 15.2 Å². The van der Waals surface area contributed by atoms with Crippen LogP contribution in [0.2, 0.25) is 6.55 Å². The van der Waals surface area contributed by atoms with Crippen LogP contribution in [0.4, 0.5) is 0 Å². The van der Waals surface area contributed by atoms with Crippen LogP contribution < -0.4 is 0 Å². The van der Waals surface area contributed by atoms with Crippen molar-refractivity contribution in [1.29, 1.82) is 0 Å². The van der Waals surface area contributed by atoms with E-state index in [1.165, 1.54) is 58.0 Å². The van der Waals surface area contributed by atoms with E-state index in [2.05, 4.69) is 158 Å². The Balaban J connectivity index is 1.70. The highest BCUT2D eigenvalue weighted by molar-refractivity contribution is 7.40. The van der Waals surface area contributed by atoms with Crippen LogP contribution in [0.3, 0.4) is 0 Å². The minimum atomic E-state index is -2.00. The SMILES string of the molecule is C[Si](Cc1ccccc1)(Cc1ccccc1)[Si](Cc1ccccc1)(Cc1ccccc1)Cc1ccccc1. The Hall–Kier alpha value is -3.47. The summed E-state index contributed by atoms with van der Waals surface area (Å²) in [5.41, 5.74) is 7.52. The molecule has 0 amide bonds. The van der Waals surface area contributed by atoms with E-state index in [0.29, 0.717) is 0 Å². The van der Waals surface area contributed by atoms with Crippen LogP contribution >= 0.6 is 0 Å². The molecule has 2 heteroatoms. The minimum absolute atomic E-state index is 1.22. The van der Waals surface area contributed by atoms with Crippen molar-refractivity contribution in [3.05, 3.63) is 179 Å². The Kier molecular flexibility index (Phi) is 8.52. The highest BCUT2D eigenvalue weighted by Gasteiger charge is 2.51. The van der Waals surface area contributed by atoms with E-state index < -0.39 is 15.2 Å². The van der Waals surface area contributed by atoms with E-state index >= 15 is 0 Å². The lowest BCUT2D eigenvalue weighted by Gasteiger charge is -2.48. The van der Waals surface area contributed by atoms with Crippen molar-refractivity contribution in [2.24, 2.45) is 0 Å². The zero-order valence-electron chi connectivity index (χ0n) is 22.5. The van der Waals surface area contributed by atoms with Gasteiger partial charge in [0.25, 0.3) is 0 Å². The summed E-state index contributed by atoms with van der Waals surface area (Å²) in [4.78, 5) is 0. The van der Waals surface area contributed by atoms with Crippen molar-refractivity contribution in [1.82, 2.24) is 0 Å². The van der Waals surface area contributed by atoms with Crippen LogP contribution in [0, 0.1) is 0 Å². The van der Waals surface area contributed by atoms with Gasteiger partial charge in [-0.05, 0) is 30.2 Å². The van der Waals surface area contributed by atoms with E-state index in [1.807, 2.05) is 0 Å². The molecule has 0 aliphatic rings. The molecule has 0 saturated carbocycles. The first kappa shape index (κ1) is 26.2. The monoisotopic (exact) mass is 526 g/mol. The van der Waals surface area contributed by atoms with Crippen molar-refractivity contribution in [2.75, 3.05) is 0 Å². The molecule has 0 heterocycles. The molecule has 0 aliphatic carbocycles. The van der Waals surface area contributed by atoms with Gasteiger partial charge in [-0.15, -0.1) is 0 Å². The second-order valence-electron chi connectivity index (χ2n) is 11.2. The second kappa shape index (κ2) is 12.4. The van der Waals surface area contributed by atoms with Gasteiger partial charge in [-0.2, -0.15) is 0 Å². The average Bonchev–Trinajstić information content (AvgIpc) is 2.95. The van der Waals surface area contributed by atoms with Crippen LogP contribution in [0.1, 0.15) is 27.8 Å². The first-order valence-corrected chi connectivity index (χ1v) is 20.4. The Bertz CT molecular complexity index is 1230. The van der Waals surface area contributed by atoms with E-state index in [-0.39, 0.29) is 0 Å². The Morgan fingerprint density at radius 1 is 0.316 bits per heavy atom. The molecule has 0 N–H and O–H groups in total. The van der Waals surface area contributed by atoms with Gasteiger partial charge in [0.2, 0.25) is 0 Å². The standard InChI is InChI=1S/C36H38Si2/c1-37(27-32-17-7-2-8-18-32,28-33-19-9-3-10-20-33)38(29-34-21-11-4-12-22-34,30-35-23-13-5-14-24-35)31-36-25-15-6-16-26-36/h2-26H,27-31H2,1H3. The summed E-state index contributed by atoms with van der Waals surface area (Å²) in [5.74, 6) is 0. The van der Waals surface area contributed by atoms with Crippen molar-refractivity contribution in [2.45, 2.75) is 36.8 Å². The third kappa shape index (κ3) is 6.50. The fraction of sp³-hybridized carbons (Fsp3) is 0.167. The molecule has 38 heavy (non-hydrogen) atoms. The van der Waals surface area contributed by atoms with Gasteiger partial charge in [-0.3, -0.25) is 0 Å². The molecule has 5 rings (SSSR count). The lowest BCUT2D eigenvalue weighted by atomic mass is 10.2. The normalized spacial score (nSPS) is 11.8. The molecule has 0 spiro atoms. The fourth-order valence-corrected chi connectivity index (χ4v) is 23.3.